The van der Waals surface area contributed by atoms with Crippen LogP contribution in [-0.2, 0) is 0 Å². The molecule has 0 bridgehead atoms. The highest BCUT2D eigenvalue weighted by Crippen LogP contribution is 2.19. The second-order valence-corrected chi connectivity index (χ2v) is 3.83. The Kier molecular flexibility index (Phi) is 2.94. The van der Waals surface area contributed by atoms with Gasteiger partial charge in [0.25, 0.3) is 0 Å². The number of anilines is 1. The van der Waals surface area contributed by atoms with Crippen molar-refractivity contribution in [3.8, 4) is 11.3 Å². The van der Waals surface area contributed by atoms with Gasteiger partial charge >= 0.3 is 0 Å². The molecule has 5 heteroatoms. The molecule has 1 aromatic heterocycles. The van der Waals surface area contributed by atoms with Crippen molar-refractivity contribution in [2.75, 3.05) is 5.43 Å². The highest BCUT2D eigenvalue weighted by Gasteiger charge is 2.00. The van der Waals surface area contributed by atoms with Crippen LogP contribution in [0.25, 0.3) is 11.3 Å². The molecule has 1 heterocycles. The summed E-state index contributed by atoms with van der Waals surface area (Å²) in [6.45, 7) is 0. The topological polar surface area (TPSA) is 63.8 Å². The lowest BCUT2D eigenvalue weighted by molar-refractivity contribution is 1.12. The van der Waals surface area contributed by atoms with Gasteiger partial charge in [0.05, 0.1) is 5.69 Å². The molecule has 0 fully saturated rings. The van der Waals surface area contributed by atoms with Gasteiger partial charge in [-0.05, 0) is 18.2 Å². The first-order valence-electron chi connectivity index (χ1n) is 4.35. The third-order valence-corrected chi connectivity index (χ3v) is 2.45. The van der Waals surface area contributed by atoms with Crippen molar-refractivity contribution in [1.82, 2.24) is 9.97 Å². The van der Waals surface area contributed by atoms with Gasteiger partial charge in [0, 0.05) is 16.2 Å². The van der Waals surface area contributed by atoms with Crippen LogP contribution < -0.4 is 11.3 Å². The van der Waals surface area contributed by atoms with Crippen LogP contribution in [0.3, 0.4) is 0 Å². The van der Waals surface area contributed by atoms with E-state index in [1.807, 2.05) is 30.3 Å². The molecule has 15 heavy (non-hydrogen) atoms. The van der Waals surface area contributed by atoms with E-state index < -0.39 is 0 Å². The second kappa shape index (κ2) is 4.37. The Morgan fingerprint density at radius 2 is 1.87 bits per heavy atom. The van der Waals surface area contributed by atoms with Gasteiger partial charge in [0.1, 0.15) is 0 Å². The number of rotatable bonds is 2. The van der Waals surface area contributed by atoms with Gasteiger partial charge in [-0.3, -0.25) is 5.43 Å². The van der Waals surface area contributed by atoms with Crippen molar-refractivity contribution in [3.05, 3.63) is 41.0 Å². The molecule has 0 spiro atoms. The maximum Gasteiger partial charge on any atom is 0.237 e. The van der Waals surface area contributed by atoms with Gasteiger partial charge in [-0.15, -0.1) is 0 Å². The normalized spacial score (nSPS) is 10.0. The highest BCUT2D eigenvalue weighted by atomic mass is 79.9. The van der Waals surface area contributed by atoms with E-state index in [0.29, 0.717) is 5.95 Å². The lowest BCUT2D eigenvalue weighted by atomic mass is 10.1. The fraction of sp³-hybridized carbons (Fsp3) is 0. The standard InChI is InChI=1S/C10H9BrN4/c11-8-3-1-7(2-4-8)9-5-6-13-10(14-9)15-12/h1-6H,12H2,(H,13,14,15). The molecule has 0 saturated heterocycles. The van der Waals surface area contributed by atoms with Crippen LogP contribution in [0.2, 0.25) is 0 Å². The number of hydrogen-bond donors (Lipinski definition) is 2. The Balaban J connectivity index is 2.40. The molecule has 1 aromatic carbocycles. The summed E-state index contributed by atoms with van der Waals surface area (Å²) in [5.41, 5.74) is 4.28. The van der Waals surface area contributed by atoms with E-state index in [0.717, 1.165) is 15.7 Å². The van der Waals surface area contributed by atoms with Crippen molar-refractivity contribution in [2.45, 2.75) is 0 Å². The van der Waals surface area contributed by atoms with E-state index in [-0.39, 0.29) is 0 Å². The summed E-state index contributed by atoms with van der Waals surface area (Å²) < 4.78 is 1.04. The van der Waals surface area contributed by atoms with E-state index in [9.17, 15) is 0 Å². The smallest absolute Gasteiger partial charge is 0.237 e. The number of aromatic nitrogens is 2. The third-order valence-electron chi connectivity index (χ3n) is 1.92. The van der Waals surface area contributed by atoms with Crippen molar-refractivity contribution < 1.29 is 0 Å². The first kappa shape index (κ1) is 10.1. The predicted octanol–water partition coefficient (Wildman–Crippen LogP) is 2.19. The van der Waals surface area contributed by atoms with E-state index in [1.54, 1.807) is 6.20 Å². The van der Waals surface area contributed by atoms with Crippen LogP contribution in [0.5, 0.6) is 0 Å². The van der Waals surface area contributed by atoms with Crippen LogP contribution in [0.4, 0.5) is 5.95 Å². The second-order valence-electron chi connectivity index (χ2n) is 2.92. The molecule has 0 amide bonds. The lowest BCUT2D eigenvalue weighted by Gasteiger charge is -2.02. The van der Waals surface area contributed by atoms with Crippen LogP contribution in [0.15, 0.2) is 41.0 Å². The highest BCUT2D eigenvalue weighted by molar-refractivity contribution is 9.10. The SMILES string of the molecule is NNc1nccc(-c2ccc(Br)cc2)n1. The molecule has 0 aliphatic heterocycles. The molecular weight excluding hydrogens is 256 g/mol. The first-order chi connectivity index (χ1) is 7.29. The summed E-state index contributed by atoms with van der Waals surface area (Å²) >= 11 is 3.38. The summed E-state index contributed by atoms with van der Waals surface area (Å²) in [5, 5.41) is 0. The average molecular weight is 265 g/mol. The Hall–Kier alpha value is -1.46. The lowest BCUT2D eigenvalue weighted by Crippen LogP contribution is -2.10. The van der Waals surface area contributed by atoms with Gasteiger partial charge in [-0.25, -0.2) is 15.8 Å². The van der Waals surface area contributed by atoms with Crippen LogP contribution in [-0.4, -0.2) is 9.97 Å². The van der Waals surface area contributed by atoms with Gasteiger partial charge in [-0.1, -0.05) is 28.1 Å². The Labute approximate surface area is 95.7 Å². The predicted molar refractivity (Wildman–Crippen MR) is 63.0 cm³/mol. The minimum atomic E-state index is 0.412. The third kappa shape index (κ3) is 2.31. The maximum atomic E-state index is 5.24. The molecule has 0 unspecified atom stereocenters. The van der Waals surface area contributed by atoms with Crippen LogP contribution in [0, 0.1) is 0 Å². The Morgan fingerprint density at radius 3 is 2.53 bits per heavy atom. The van der Waals surface area contributed by atoms with Crippen LogP contribution in [0.1, 0.15) is 0 Å². The largest absolute Gasteiger partial charge is 0.292 e. The number of nitrogens with one attached hydrogen (secondary N) is 1. The monoisotopic (exact) mass is 264 g/mol. The molecule has 76 valence electrons. The number of hydrogen-bond acceptors (Lipinski definition) is 4. The molecule has 0 aliphatic carbocycles. The van der Waals surface area contributed by atoms with E-state index in [4.69, 9.17) is 5.84 Å². The molecule has 0 aliphatic rings. The molecule has 2 aromatic rings. The van der Waals surface area contributed by atoms with Crippen molar-refractivity contribution >= 4 is 21.9 Å². The van der Waals surface area contributed by atoms with E-state index >= 15 is 0 Å². The van der Waals surface area contributed by atoms with Crippen molar-refractivity contribution in [1.29, 1.82) is 0 Å². The fourth-order valence-corrected chi connectivity index (χ4v) is 1.47. The summed E-state index contributed by atoms with van der Waals surface area (Å²) in [6, 6.07) is 9.73. The molecule has 4 nitrogen and oxygen atoms in total. The molecular formula is C10H9BrN4. The zero-order chi connectivity index (χ0) is 10.7. The minimum absolute atomic E-state index is 0.412. The molecule has 0 saturated carbocycles. The number of hydrazine groups is 1. The minimum Gasteiger partial charge on any atom is -0.292 e. The van der Waals surface area contributed by atoms with Gasteiger partial charge in [0.15, 0.2) is 0 Å². The maximum absolute atomic E-state index is 5.24. The summed E-state index contributed by atoms with van der Waals surface area (Å²) in [4.78, 5) is 8.17. The van der Waals surface area contributed by atoms with Crippen molar-refractivity contribution in [2.24, 2.45) is 5.84 Å². The summed E-state index contributed by atoms with van der Waals surface area (Å²) in [6.07, 6.45) is 1.67. The fourth-order valence-electron chi connectivity index (χ4n) is 1.21. The summed E-state index contributed by atoms with van der Waals surface area (Å²) in [7, 11) is 0. The number of halogens is 1. The first-order valence-corrected chi connectivity index (χ1v) is 5.14. The average Bonchev–Trinajstić information content (AvgIpc) is 2.30. The molecule has 2 rings (SSSR count). The van der Waals surface area contributed by atoms with E-state index in [1.165, 1.54) is 0 Å². The Bertz CT molecular complexity index is 455. The molecule has 0 atom stereocenters. The number of nitrogens with zero attached hydrogens (tertiary/aromatic N) is 2. The van der Waals surface area contributed by atoms with Crippen molar-refractivity contribution in [3.63, 3.8) is 0 Å². The van der Waals surface area contributed by atoms with Gasteiger partial charge in [-0.2, -0.15) is 0 Å². The number of benzene rings is 1. The number of nitrogen functional groups attached to an aromatic ring is 1. The quantitative estimate of drug-likeness (QED) is 0.645. The zero-order valence-corrected chi connectivity index (χ0v) is 9.40. The zero-order valence-electron chi connectivity index (χ0n) is 7.81. The Morgan fingerprint density at radius 1 is 1.13 bits per heavy atom. The van der Waals surface area contributed by atoms with Gasteiger partial charge in [0.2, 0.25) is 5.95 Å². The molecule has 3 N–H and O–H groups in total. The van der Waals surface area contributed by atoms with Crippen LogP contribution >= 0.6 is 15.9 Å². The molecule has 0 radical (unpaired) electrons. The summed E-state index contributed by atoms with van der Waals surface area (Å²) in [5.74, 6) is 5.65. The van der Waals surface area contributed by atoms with E-state index in [2.05, 4.69) is 31.3 Å². The van der Waals surface area contributed by atoms with Gasteiger partial charge < -0.3 is 0 Å². The number of nitrogens with two attached hydrogens (primary N) is 1.